The summed E-state index contributed by atoms with van der Waals surface area (Å²) in [6.45, 7) is 13.2. The van der Waals surface area contributed by atoms with Crippen LogP contribution < -0.4 is 10.6 Å². The van der Waals surface area contributed by atoms with Gasteiger partial charge in [0, 0.05) is 12.1 Å². The SMILES string of the molecule is CC(C)NCCCCC(NC(C)C)C(=O)OC(C)C. The monoisotopic (exact) mass is 272 g/mol. The molecule has 0 saturated heterocycles. The van der Waals surface area contributed by atoms with E-state index in [-0.39, 0.29) is 18.1 Å². The van der Waals surface area contributed by atoms with Crippen LogP contribution in [0.15, 0.2) is 0 Å². The molecule has 114 valence electrons. The summed E-state index contributed by atoms with van der Waals surface area (Å²) in [7, 11) is 0. The summed E-state index contributed by atoms with van der Waals surface area (Å²) in [6.07, 6.45) is 2.90. The Kier molecular flexibility index (Phi) is 9.88. The molecular weight excluding hydrogens is 240 g/mol. The van der Waals surface area contributed by atoms with Gasteiger partial charge in [0.15, 0.2) is 0 Å². The van der Waals surface area contributed by atoms with Gasteiger partial charge in [-0.25, -0.2) is 0 Å². The Morgan fingerprint density at radius 2 is 1.63 bits per heavy atom. The molecule has 0 radical (unpaired) electrons. The van der Waals surface area contributed by atoms with Crippen molar-refractivity contribution in [2.75, 3.05) is 6.54 Å². The van der Waals surface area contributed by atoms with Crippen LogP contribution in [0.1, 0.15) is 60.8 Å². The first-order valence-corrected chi connectivity index (χ1v) is 7.52. The van der Waals surface area contributed by atoms with Crippen LogP contribution in [-0.4, -0.2) is 36.7 Å². The summed E-state index contributed by atoms with van der Waals surface area (Å²) < 4.78 is 5.29. The highest BCUT2D eigenvalue weighted by Crippen LogP contribution is 2.06. The van der Waals surface area contributed by atoms with Crippen molar-refractivity contribution in [3.8, 4) is 0 Å². The molecule has 0 aliphatic rings. The highest BCUT2D eigenvalue weighted by molar-refractivity contribution is 5.75. The summed E-state index contributed by atoms with van der Waals surface area (Å²) >= 11 is 0. The maximum Gasteiger partial charge on any atom is 0.323 e. The maximum absolute atomic E-state index is 12.0. The number of hydrogen-bond acceptors (Lipinski definition) is 4. The molecule has 4 nitrogen and oxygen atoms in total. The van der Waals surface area contributed by atoms with E-state index in [9.17, 15) is 4.79 Å². The van der Waals surface area contributed by atoms with Crippen LogP contribution in [-0.2, 0) is 9.53 Å². The van der Waals surface area contributed by atoms with Crippen LogP contribution in [0, 0.1) is 0 Å². The number of unbranched alkanes of at least 4 members (excludes halogenated alkanes) is 1. The van der Waals surface area contributed by atoms with E-state index in [4.69, 9.17) is 4.74 Å². The van der Waals surface area contributed by atoms with Gasteiger partial charge in [0.2, 0.25) is 0 Å². The van der Waals surface area contributed by atoms with Gasteiger partial charge in [-0.1, -0.05) is 34.1 Å². The summed E-state index contributed by atoms with van der Waals surface area (Å²) in [6, 6.07) is 0.635. The van der Waals surface area contributed by atoms with Crippen molar-refractivity contribution in [2.24, 2.45) is 0 Å². The number of esters is 1. The highest BCUT2D eigenvalue weighted by atomic mass is 16.5. The molecule has 0 aliphatic heterocycles. The van der Waals surface area contributed by atoms with Crippen molar-refractivity contribution in [1.82, 2.24) is 10.6 Å². The van der Waals surface area contributed by atoms with E-state index < -0.39 is 0 Å². The van der Waals surface area contributed by atoms with E-state index in [1.165, 1.54) is 0 Å². The van der Waals surface area contributed by atoms with Crippen molar-refractivity contribution in [3.63, 3.8) is 0 Å². The lowest BCUT2D eigenvalue weighted by Crippen LogP contribution is -2.42. The van der Waals surface area contributed by atoms with E-state index >= 15 is 0 Å². The predicted molar refractivity (Wildman–Crippen MR) is 80.3 cm³/mol. The topological polar surface area (TPSA) is 50.4 Å². The van der Waals surface area contributed by atoms with Crippen molar-refractivity contribution >= 4 is 5.97 Å². The summed E-state index contributed by atoms with van der Waals surface area (Å²) in [5.74, 6) is -0.125. The van der Waals surface area contributed by atoms with Crippen molar-refractivity contribution in [3.05, 3.63) is 0 Å². The molecule has 4 heteroatoms. The van der Waals surface area contributed by atoms with Gasteiger partial charge >= 0.3 is 5.97 Å². The number of carbonyl (C=O) groups excluding carboxylic acids is 1. The molecule has 0 aromatic carbocycles. The van der Waals surface area contributed by atoms with E-state index in [1.54, 1.807) is 0 Å². The largest absolute Gasteiger partial charge is 0.462 e. The Bertz CT molecular complexity index is 240. The third-order valence-corrected chi connectivity index (χ3v) is 2.64. The quantitative estimate of drug-likeness (QED) is 0.474. The minimum Gasteiger partial charge on any atom is -0.462 e. The molecule has 0 spiro atoms. The Hall–Kier alpha value is -0.610. The van der Waals surface area contributed by atoms with E-state index in [0.717, 1.165) is 25.8 Å². The highest BCUT2D eigenvalue weighted by Gasteiger charge is 2.20. The third-order valence-electron chi connectivity index (χ3n) is 2.64. The van der Waals surface area contributed by atoms with Gasteiger partial charge in [0.25, 0.3) is 0 Å². The number of nitrogens with one attached hydrogen (secondary N) is 2. The van der Waals surface area contributed by atoms with Gasteiger partial charge in [0.1, 0.15) is 6.04 Å². The van der Waals surface area contributed by atoms with Gasteiger partial charge in [-0.05, 0) is 33.2 Å². The first-order valence-electron chi connectivity index (χ1n) is 7.52. The lowest BCUT2D eigenvalue weighted by atomic mass is 10.1. The summed E-state index contributed by atoms with van der Waals surface area (Å²) in [4.78, 5) is 12.0. The second kappa shape index (κ2) is 10.2. The lowest BCUT2D eigenvalue weighted by Gasteiger charge is -2.21. The fraction of sp³-hybridized carbons (Fsp3) is 0.933. The van der Waals surface area contributed by atoms with Gasteiger partial charge in [0.05, 0.1) is 6.10 Å². The Morgan fingerprint density at radius 1 is 1.00 bits per heavy atom. The fourth-order valence-corrected chi connectivity index (χ4v) is 1.85. The van der Waals surface area contributed by atoms with Gasteiger partial charge in [-0.2, -0.15) is 0 Å². The number of rotatable bonds is 10. The van der Waals surface area contributed by atoms with Gasteiger partial charge in [-0.3, -0.25) is 4.79 Å². The average Bonchev–Trinajstić information content (AvgIpc) is 2.25. The molecule has 0 fully saturated rings. The molecule has 1 unspecified atom stereocenters. The molecule has 0 saturated carbocycles. The van der Waals surface area contributed by atoms with Crippen molar-refractivity contribution < 1.29 is 9.53 Å². The average molecular weight is 272 g/mol. The maximum atomic E-state index is 12.0. The van der Waals surface area contributed by atoms with E-state index in [2.05, 4.69) is 38.3 Å². The number of carbonyl (C=O) groups is 1. The fourth-order valence-electron chi connectivity index (χ4n) is 1.85. The Labute approximate surface area is 118 Å². The predicted octanol–water partition coefficient (Wildman–Crippen LogP) is 2.47. The lowest BCUT2D eigenvalue weighted by molar-refractivity contribution is -0.150. The molecule has 1 atom stereocenters. The molecular formula is C15H32N2O2. The molecule has 0 heterocycles. The molecule has 19 heavy (non-hydrogen) atoms. The Balaban J connectivity index is 4.02. The molecule has 0 aromatic rings. The first kappa shape index (κ1) is 18.4. The van der Waals surface area contributed by atoms with E-state index in [1.807, 2.05) is 13.8 Å². The molecule has 0 aliphatic carbocycles. The van der Waals surface area contributed by atoms with Gasteiger partial charge in [-0.15, -0.1) is 0 Å². The molecule has 0 aromatic heterocycles. The molecule has 2 N–H and O–H groups in total. The number of ether oxygens (including phenoxy) is 1. The van der Waals surface area contributed by atoms with Crippen LogP contribution in [0.2, 0.25) is 0 Å². The molecule has 0 amide bonds. The standard InChI is InChI=1S/C15H32N2O2/c1-11(2)16-10-8-7-9-14(17-12(3)4)15(18)19-13(5)6/h11-14,16-17H,7-10H2,1-6H3. The second-order valence-electron chi connectivity index (χ2n) is 5.96. The zero-order valence-electron chi connectivity index (χ0n) is 13.5. The van der Waals surface area contributed by atoms with Crippen LogP contribution in [0.3, 0.4) is 0 Å². The van der Waals surface area contributed by atoms with Crippen LogP contribution >= 0.6 is 0 Å². The number of hydrogen-bond donors (Lipinski definition) is 2. The normalized spacial score (nSPS) is 13.3. The minimum atomic E-state index is -0.179. The minimum absolute atomic E-state index is 0.0495. The van der Waals surface area contributed by atoms with Crippen LogP contribution in [0.25, 0.3) is 0 Å². The summed E-state index contributed by atoms with van der Waals surface area (Å²) in [5.41, 5.74) is 0. The van der Waals surface area contributed by atoms with Crippen molar-refractivity contribution in [2.45, 2.75) is 85.0 Å². The zero-order valence-corrected chi connectivity index (χ0v) is 13.5. The summed E-state index contributed by atoms with van der Waals surface area (Å²) in [5, 5.41) is 6.67. The van der Waals surface area contributed by atoms with Gasteiger partial charge < -0.3 is 15.4 Å². The van der Waals surface area contributed by atoms with Crippen LogP contribution in [0.4, 0.5) is 0 Å². The third kappa shape index (κ3) is 11.0. The molecule has 0 bridgehead atoms. The van der Waals surface area contributed by atoms with Crippen LogP contribution in [0.5, 0.6) is 0 Å². The van der Waals surface area contributed by atoms with Crippen molar-refractivity contribution in [1.29, 1.82) is 0 Å². The molecule has 0 rings (SSSR count). The zero-order chi connectivity index (χ0) is 14.8. The smallest absolute Gasteiger partial charge is 0.323 e. The van der Waals surface area contributed by atoms with E-state index in [0.29, 0.717) is 12.1 Å². The first-order chi connectivity index (χ1) is 8.82. The Morgan fingerprint density at radius 3 is 2.11 bits per heavy atom. The second-order valence-corrected chi connectivity index (χ2v) is 5.96.